The van der Waals surface area contributed by atoms with Crippen LogP contribution in [0.2, 0.25) is 5.02 Å². The minimum absolute atomic E-state index is 0.237. The van der Waals surface area contributed by atoms with Gasteiger partial charge in [-0.2, -0.15) is 0 Å². The standard InChI is InChI=1S/C16H17ClFNO2/c1-19-15(10-5-4-6-11(18)9-10)12-7-8-13(20-2)14(17)16(12)21-3/h4-9,15,19H,1-3H3. The first kappa shape index (κ1) is 15.6. The van der Waals surface area contributed by atoms with Gasteiger partial charge in [0, 0.05) is 5.56 Å². The van der Waals surface area contributed by atoms with Crippen molar-refractivity contribution in [2.24, 2.45) is 0 Å². The van der Waals surface area contributed by atoms with Gasteiger partial charge in [-0.1, -0.05) is 23.7 Å². The minimum atomic E-state index is -0.286. The molecule has 0 aromatic heterocycles. The second kappa shape index (κ2) is 6.78. The zero-order valence-electron chi connectivity index (χ0n) is 12.1. The van der Waals surface area contributed by atoms with Gasteiger partial charge in [0.05, 0.1) is 20.3 Å². The SMILES string of the molecule is CNC(c1cccc(F)c1)c1ccc(OC)c(Cl)c1OC. The molecule has 0 aliphatic rings. The van der Waals surface area contributed by atoms with Crippen molar-refractivity contribution in [3.05, 3.63) is 58.4 Å². The molecule has 2 aromatic rings. The molecule has 0 radical (unpaired) electrons. The Labute approximate surface area is 128 Å². The zero-order valence-corrected chi connectivity index (χ0v) is 12.9. The molecule has 0 spiro atoms. The molecule has 2 rings (SSSR count). The normalized spacial score (nSPS) is 12.0. The van der Waals surface area contributed by atoms with Gasteiger partial charge in [0.15, 0.2) is 0 Å². The smallest absolute Gasteiger partial charge is 0.146 e. The van der Waals surface area contributed by atoms with E-state index in [0.717, 1.165) is 11.1 Å². The molecule has 3 nitrogen and oxygen atoms in total. The third-order valence-electron chi connectivity index (χ3n) is 3.30. The van der Waals surface area contributed by atoms with Crippen LogP contribution in [0.5, 0.6) is 11.5 Å². The van der Waals surface area contributed by atoms with Gasteiger partial charge in [-0.15, -0.1) is 0 Å². The molecule has 2 aromatic carbocycles. The number of methoxy groups -OCH3 is 2. The highest BCUT2D eigenvalue weighted by atomic mass is 35.5. The molecule has 0 heterocycles. The highest BCUT2D eigenvalue weighted by Gasteiger charge is 2.21. The molecule has 5 heteroatoms. The zero-order chi connectivity index (χ0) is 15.4. The predicted octanol–water partition coefficient (Wildman–Crippen LogP) is 3.81. The number of halogens is 2. The van der Waals surface area contributed by atoms with Gasteiger partial charge in [-0.3, -0.25) is 0 Å². The Morgan fingerprint density at radius 3 is 2.48 bits per heavy atom. The topological polar surface area (TPSA) is 30.5 Å². The van der Waals surface area contributed by atoms with Crippen LogP contribution in [-0.2, 0) is 0 Å². The number of hydrogen-bond donors (Lipinski definition) is 1. The van der Waals surface area contributed by atoms with Gasteiger partial charge in [0.2, 0.25) is 0 Å². The molecule has 0 amide bonds. The molecule has 112 valence electrons. The van der Waals surface area contributed by atoms with Crippen molar-refractivity contribution in [1.82, 2.24) is 5.32 Å². The Morgan fingerprint density at radius 1 is 1.14 bits per heavy atom. The van der Waals surface area contributed by atoms with Crippen molar-refractivity contribution in [1.29, 1.82) is 0 Å². The second-order valence-corrected chi connectivity index (χ2v) is 4.86. The number of nitrogens with one attached hydrogen (secondary N) is 1. The van der Waals surface area contributed by atoms with Crippen LogP contribution in [0.15, 0.2) is 36.4 Å². The van der Waals surface area contributed by atoms with Crippen molar-refractivity contribution in [3.63, 3.8) is 0 Å². The number of benzene rings is 2. The average Bonchev–Trinajstić information content (AvgIpc) is 2.48. The monoisotopic (exact) mass is 309 g/mol. The fourth-order valence-electron chi connectivity index (χ4n) is 2.33. The molecule has 0 saturated heterocycles. The molecule has 0 aliphatic heterocycles. The van der Waals surface area contributed by atoms with E-state index in [2.05, 4.69) is 5.32 Å². The lowest BCUT2D eigenvalue weighted by Gasteiger charge is -2.21. The van der Waals surface area contributed by atoms with Crippen molar-refractivity contribution < 1.29 is 13.9 Å². The summed E-state index contributed by atoms with van der Waals surface area (Å²) in [5.74, 6) is 0.761. The van der Waals surface area contributed by atoms with Crippen LogP contribution in [0.4, 0.5) is 4.39 Å². The van der Waals surface area contributed by atoms with Crippen LogP contribution < -0.4 is 14.8 Å². The summed E-state index contributed by atoms with van der Waals surface area (Å²) >= 11 is 6.28. The number of rotatable bonds is 5. The molecular weight excluding hydrogens is 293 g/mol. The lowest BCUT2D eigenvalue weighted by molar-refractivity contribution is 0.388. The molecule has 1 N–H and O–H groups in total. The maximum Gasteiger partial charge on any atom is 0.146 e. The molecule has 0 saturated carbocycles. The first-order valence-corrected chi connectivity index (χ1v) is 6.83. The average molecular weight is 310 g/mol. The van der Waals surface area contributed by atoms with E-state index < -0.39 is 0 Å². The van der Waals surface area contributed by atoms with E-state index in [1.54, 1.807) is 33.4 Å². The summed E-state index contributed by atoms with van der Waals surface area (Å²) in [4.78, 5) is 0. The Hall–Kier alpha value is -1.78. The molecule has 1 unspecified atom stereocenters. The third kappa shape index (κ3) is 3.12. The van der Waals surface area contributed by atoms with E-state index in [1.807, 2.05) is 12.1 Å². The van der Waals surface area contributed by atoms with E-state index in [9.17, 15) is 4.39 Å². The highest BCUT2D eigenvalue weighted by Crippen LogP contribution is 2.40. The Morgan fingerprint density at radius 2 is 1.90 bits per heavy atom. The van der Waals surface area contributed by atoms with Gasteiger partial charge in [0.1, 0.15) is 22.3 Å². The van der Waals surface area contributed by atoms with Crippen LogP contribution in [0.1, 0.15) is 17.2 Å². The number of hydrogen-bond acceptors (Lipinski definition) is 3. The maximum absolute atomic E-state index is 13.5. The quantitative estimate of drug-likeness (QED) is 0.911. The number of ether oxygens (including phenoxy) is 2. The van der Waals surface area contributed by atoms with Crippen LogP contribution in [-0.4, -0.2) is 21.3 Å². The summed E-state index contributed by atoms with van der Waals surface area (Å²) in [7, 11) is 4.89. The predicted molar refractivity (Wildman–Crippen MR) is 81.9 cm³/mol. The van der Waals surface area contributed by atoms with E-state index in [0.29, 0.717) is 16.5 Å². The van der Waals surface area contributed by atoms with E-state index >= 15 is 0 Å². The molecule has 21 heavy (non-hydrogen) atoms. The fourth-order valence-corrected chi connectivity index (χ4v) is 2.66. The van der Waals surface area contributed by atoms with Crippen LogP contribution in [0.25, 0.3) is 0 Å². The lowest BCUT2D eigenvalue weighted by Crippen LogP contribution is -2.18. The molecule has 0 fully saturated rings. The molecule has 0 aliphatic carbocycles. The summed E-state index contributed by atoms with van der Waals surface area (Å²) in [6.45, 7) is 0. The van der Waals surface area contributed by atoms with Crippen molar-refractivity contribution in [3.8, 4) is 11.5 Å². The van der Waals surface area contributed by atoms with E-state index in [1.165, 1.54) is 12.1 Å². The van der Waals surface area contributed by atoms with E-state index in [4.69, 9.17) is 21.1 Å². The summed E-state index contributed by atoms with van der Waals surface area (Å²) in [6.07, 6.45) is 0. The van der Waals surface area contributed by atoms with Gasteiger partial charge < -0.3 is 14.8 Å². The molecular formula is C16H17ClFNO2. The Balaban J connectivity index is 2.55. The molecule has 0 bridgehead atoms. The largest absolute Gasteiger partial charge is 0.495 e. The third-order valence-corrected chi connectivity index (χ3v) is 3.66. The van der Waals surface area contributed by atoms with Gasteiger partial charge in [0.25, 0.3) is 0 Å². The van der Waals surface area contributed by atoms with Crippen LogP contribution in [0, 0.1) is 5.82 Å². The van der Waals surface area contributed by atoms with Gasteiger partial charge >= 0.3 is 0 Å². The van der Waals surface area contributed by atoms with Crippen molar-refractivity contribution in [2.45, 2.75) is 6.04 Å². The van der Waals surface area contributed by atoms with Crippen LogP contribution >= 0.6 is 11.6 Å². The van der Waals surface area contributed by atoms with Gasteiger partial charge in [-0.25, -0.2) is 4.39 Å². The summed E-state index contributed by atoms with van der Waals surface area (Å²) in [6, 6.07) is 9.81. The fraction of sp³-hybridized carbons (Fsp3) is 0.250. The van der Waals surface area contributed by atoms with Crippen molar-refractivity contribution >= 4 is 11.6 Å². The van der Waals surface area contributed by atoms with E-state index in [-0.39, 0.29) is 11.9 Å². The maximum atomic E-state index is 13.5. The van der Waals surface area contributed by atoms with Crippen molar-refractivity contribution in [2.75, 3.05) is 21.3 Å². The van der Waals surface area contributed by atoms with Gasteiger partial charge in [-0.05, 0) is 36.9 Å². The minimum Gasteiger partial charge on any atom is -0.495 e. The van der Waals surface area contributed by atoms with Crippen LogP contribution in [0.3, 0.4) is 0 Å². The first-order chi connectivity index (χ1) is 10.1. The Kier molecular flexibility index (Phi) is 5.04. The lowest BCUT2D eigenvalue weighted by atomic mass is 9.97. The summed E-state index contributed by atoms with van der Waals surface area (Å²) < 4.78 is 24.1. The summed E-state index contributed by atoms with van der Waals surface area (Å²) in [5.41, 5.74) is 1.61. The Bertz CT molecular complexity index is 634. The summed E-state index contributed by atoms with van der Waals surface area (Å²) in [5, 5.41) is 3.55. The second-order valence-electron chi connectivity index (χ2n) is 4.48. The molecule has 1 atom stereocenters. The highest BCUT2D eigenvalue weighted by molar-refractivity contribution is 6.33. The first-order valence-electron chi connectivity index (χ1n) is 6.45.